The normalized spacial score (nSPS) is 28.9. The summed E-state index contributed by atoms with van der Waals surface area (Å²) in [5.41, 5.74) is 2.29. The molecular formula is C13H17NO3. The van der Waals surface area contributed by atoms with Crippen LogP contribution in [0.15, 0.2) is 24.3 Å². The zero-order valence-electron chi connectivity index (χ0n) is 10.0. The SMILES string of the molecule is Cc1ccccc1C1CNC(C(=O)O)C(C)O1. The van der Waals surface area contributed by atoms with Gasteiger partial charge in [0.25, 0.3) is 0 Å². The maximum absolute atomic E-state index is 10.9. The van der Waals surface area contributed by atoms with E-state index in [4.69, 9.17) is 9.84 Å². The molecule has 17 heavy (non-hydrogen) atoms. The Morgan fingerprint density at radius 3 is 2.76 bits per heavy atom. The van der Waals surface area contributed by atoms with E-state index in [1.54, 1.807) is 6.92 Å². The van der Waals surface area contributed by atoms with Gasteiger partial charge in [-0.05, 0) is 25.0 Å². The molecule has 0 amide bonds. The third-order valence-electron chi connectivity index (χ3n) is 3.17. The first kappa shape index (κ1) is 12.1. The van der Waals surface area contributed by atoms with Crippen LogP contribution in [0.4, 0.5) is 0 Å². The van der Waals surface area contributed by atoms with Crippen molar-refractivity contribution >= 4 is 5.97 Å². The van der Waals surface area contributed by atoms with Gasteiger partial charge in [0, 0.05) is 6.54 Å². The molecule has 3 atom stereocenters. The fraction of sp³-hybridized carbons (Fsp3) is 0.462. The summed E-state index contributed by atoms with van der Waals surface area (Å²) in [7, 11) is 0. The van der Waals surface area contributed by atoms with Crippen molar-refractivity contribution in [2.75, 3.05) is 6.54 Å². The fourth-order valence-corrected chi connectivity index (χ4v) is 2.21. The summed E-state index contributed by atoms with van der Waals surface area (Å²) >= 11 is 0. The van der Waals surface area contributed by atoms with Crippen molar-refractivity contribution in [2.24, 2.45) is 0 Å². The molecule has 3 unspecified atom stereocenters. The number of benzene rings is 1. The summed E-state index contributed by atoms with van der Waals surface area (Å²) in [5, 5.41) is 12.0. The van der Waals surface area contributed by atoms with Gasteiger partial charge in [-0.15, -0.1) is 0 Å². The summed E-state index contributed by atoms with van der Waals surface area (Å²) in [5.74, 6) is -0.860. The Morgan fingerprint density at radius 2 is 2.18 bits per heavy atom. The van der Waals surface area contributed by atoms with Crippen LogP contribution in [-0.4, -0.2) is 29.8 Å². The number of morpholine rings is 1. The van der Waals surface area contributed by atoms with Crippen molar-refractivity contribution in [3.8, 4) is 0 Å². The third-order valence-corrected chi connectivity index (χ3v) is 3.17. The Kier molecular flexibility index (Phi) is 3.45. The molecule has 1 aromatic rings. The van der Waals surface area contributed by atoms with Crippen LogP contribution >= 0.6 is 0 Å². The Balaban J connectivity index is 2.12. The Morgan fingerprint density at radius 1 is 1.47 bits per heavy atom. The molecule has 0 bridgehead atoms. The highest BCUT2D eigenvalue weighted by Crippen LogP contribution is 2.25. The van der Waals surface area contributed by atoms with E-state index in [0.717, 1.165) is 5.56 Å². The van der Waals surface area contributed by atoms with Gasteiger partial charge in [0.05, 0.1) is 12.2 Å². The molecule has 1 aromatic carbocycles. The van der Waals surface area contributed by atoms with Crippen molar-refractivity contribution in [1.82, 2.24) is 5.32 Å². The third kappa shape index (κ3) is 2.48. The van der Waals surface area contributed by atoms with Crippen LogP contribution < -0.4 is 5.32 Å². The van der Waals surface area contributed by atoms with Crippen LogP contribution in [0.2, 0.25) is 0 Å². The quantitative estimate of drug-likeness (QED) is 0.815. The number of hydrogen-bond acceptors (Lipinski definition) is 3. The average Bonchev–Trinajstić information content (AvgIpc) is 2.29. The first-order chi connectivity index (χ1) is 8.09. The maximum Gasteiger partial charge on any atom is 0.323 e. The predicted molar refractivity (Wildman–Crippen MR) is 63.9 cm³/mol. The van der Waals surface area contributed by atoms with Gasteiger partial charge in [-0.25, -0.2) is 0 Å². The minimum atomic E-state index is -0.860. The van der Waals surface area contributed by atoms with Crippen LogP contribution in [0.25, 0.3) is 0 Å². The van der Waals surface area contributed by atoms with Crippen LogP contribution in [0.1, 0.15) is 24.2 Å². The van der Waals surface area contributed by atoms with Gasteiger partial charge in [-0.1, -0.05) is 24.3 Å². The van der Waals surface area contributed by atoms with E-state index in [1.165, 1.54) is 5.56 Å². The standard InChI is InChI=1S/C13H17NO3/c1-8-5-3-4-6-10(8)11-7-14-12(13(15)16)9(2)17-11/h3-6,9,11-12,14H,7H2,1-2H3,(H,15,16). The van der Waals surface area contributed by atoms with E-state index in [1.807, 2.05) is 31.2 Å². The van der Waals surface area contributed by atoms with Gasteiger partial charge in [0.15, 0.2) is 0 Å². The van der Waals surface area contributed by atoms with Gasteiger partial charge >= 0.3 is 5.97 Å². The number of carboxylic acid groups (broad SMARTS) is 1. The highest BCUT2D eigenvalue weighted by Gasteiger charge is 2.33. The van der Waals surface area contributed by atoms with Gasteiger partial charge in [0.1, 0.15) is 6.04 Å². The molecule has 2 N–H and O–H groups in total. The molecule has 0 spiro atoms. The maximum atomic E-state index is 10.9. The Labute approximate surface area is 101 Å². The topological polar surface area (TPSA) is 58.6 Å². The molecule has 2 rings (SSSR count). The van der Waals surface area contributed by atoms with Crippen LogP contribution in [-0.2, 0) is 9.53 Å². The van der Waals surface area contributed by atoms with Gasteiger partial charge in [-0.2, -0.15) is 0 Å². The predicted octanol–water partition coefficient (Wildman–Crippen LogP) is 1.50. The lowest BCUT2D eigenvalue weighted by Gasteiger charge is -2.34. The first-order valence-electron chi connectivity index (χ1n) is 5.76. The van der Waals surface area contributed by atoms with Crippen molar-refractivity contribution < 1.29 is 14.6 Å². The fourth-order valence-electron chi connectivity index (χ4n) is 2.21. The number of rotatable bonds is 2. The van der Waals surface area contributed by atoms with Gasteiger partial charge < -0.3 is 9.84 Å². The number of ether oxygens (including phenoxy) is 1. The summed E-state index contributed by atoms with van der Waals surface area (Å²) < 4.78 is 5.78. The molecule has 1 aliphatic heterocycles. The average molecular weight is 235 g/mol. The van der Waals surface area contributed by atoms with Gasteiger partial charge in [-0.3, -0.25) is 10.1 Å². The molecule has 0 aromatic heterocycles. The highest BCUT2D eigenvalue weighted by molar-refractivity contribution is 5.74. The first-order valence-corrected chi connectivity index (χ1v) is 5.76. The molecule has 1 aliphatic rings. The van der Waals surface area contributed by atoms with Crippen molar-refractivity contribution in [3.05, 3.63) is 35.4 Å². The second-order valence-electron chi connectivity index (χ2n) is 4.41. The van der Waals surface area contributed by atoms with E-state index in [9.17, 15) is 4.79 Å². The van der Waals surface area contributed by atoms with E-state index < -0.39 is 12.0 Å². The number of carboxylic acids is 1. The molecule has 92 valence electrons. The molecule has 4 heteroatoms. The van der Waals surface area contributed by atoms with Gasteiger partial charge in [0.2, 0.25) is 0 Å². The zero-order chi connectivity index (χ0) is 12.4. The van der Waals surface area contributed by atoms with E-state index in [-0.39, 0.29) is 12.2 Å². The lowest BCUT2D eigenvalue weighted by molar-refractivity contribution is -0.149. The monoisotopic (exact) mass is 235 g/mol. The number of aryl methyl sites for hydroxylation is 1. The van der Waals surface area contributed by atoms with E-state index >= 15 is 0 Å². The number of hydrogen-bond donors (Lipinski definition) is 2. The number of aliphatic carboxylic acids is 1. The summed E-state index contributed by atoms with van der Waals surface area (Å²) in [6.07, 6.45) is -0.396. The molecule has 0 radical (unpaired) electrons. The van der Waals surface area contributed by atoms with Crippen LogP contribution in [0, 0.1) is 6.92 Å². The second-order valence-corrected chi connectivity index (χ2v) is 4.41. The molecule has 1 saturated heterocycles. The second kappa shape index (κ2) is 4.85. The number of carbonyl (C=O) groups is 1. The zero-order valence-corrected chi connectivity index (χ0v) is 10.0. The van der Waals surface area contributed by atoms with Crippen molar-refractivity contribution in [1.29, 1.82) is 0 Å². The Bertz CT molecular complexity index is 419. The van der Waals surface area contributed by atoms with Crippen molar-refractivity contribution in [2.45, 2.75) is 32.1 Å². The summed E-state index contributed by atoms with van der Waals surface area (Å²) in [6, 6.07) is 7.40. The molecule has 1 heterocycles. The minimum absolute atomic E-state index is 0.0678. The molecule has 1 fully saturated rings. The summed E-state index contributed by atoms with van der Waals surface area (Å²) in [4.78, 5) is 10.9. The largest absolute Gasteiger partial charge is 0.480 e. The molecule has 0 aliphatic carbocycles. The lowest BCUT2D eigenvalue weighted by Crippen LogP contribution is -2.52. The highest BCUT2D eigenvalue weighted by atomic mass is 16.5. The van der Waals surface area contributed by atoms with E-state index in [0.29, 0.717) is 6.54 Å². The van der Waals surface area contributed by atoms with Crippen molar-refractivity contribution in [3.63, 3.8) is 0 Å². The molecule has 4 nitrogen and oxygen atoms in total. The number of nitrogens with one attached hydrogen (secondary N) is 1. The van der Waals surface area contributed by atoms with Crippen LogP contribution in [0.5, 0.6) is 0 Å². The smallest absolute Gasteiger partial charge is 0.323 e. The minimum Gasteiger partial charge on any atom is -0.480 e. The summed E-state index contributed by atoms with van der Waals surface area (Å²) in [6.45, 7) is 4.36. The Hall–Kier alpha value is -1.39. The molecule has 0 saturated carbocycles. The van der Waals surface area contributed by atoms with Crippen LogP contribution in [0.3, 0.4) is 0 Å². The molecular weight excluding hydrogens is 218 g/mol. The lowest BCUT2D eigenvalue weighted by atomic mass is 10.0. The van der Waals surface area contributed by atoms with E-state index in [2.05, 4.69) is 5.32 Å².